The van der Waals surface area contributed by atoms with Crippen molar-refractivity contribution in [3.05, 3.63) is 41.7 Å². The third-order valence-electron chi connectivity index (χ3n) is 7.06. The predicted octanol–water partition coefficient (Wildman–Crippen LogP) is 3.95. The van der Waals surface area contributed by atoms with E-state index in [2.05, 4.69) is 51.1 Å². The van der Waals surface area contributed by atoms with Crippen molar-refractivity contribution in [2.45, 2.75) is 51.4 Å². The van der Waals surface area contributed by atoms with Crippen LogP contribution in [0.25, 0.3) is 11.3 Å². The van der Waals surface area contributed by atoms with Crippen molar-refractivity contribution in [3.63, 3.8) is 0 Å². The minimum atomic E-state index is -0.621. The third kappa shape index (κ3) is 3.48. The highest BCUT2D eigenvalue weighted by molar-refractivity contribution is 5.74. The molecule has 3 aromatic rings. The van der Waals surface area contributed by atoms with E-state index in [-0.39, 0.29) is 29.0 Å². The first-order valence-corrected chi connectivity index (χ1v) is 11.6. The average molecular weight is 468 g/mol. The SMILES string of the molecule is CN1CCn2nc(Nc3ncc(F)c(-c4cc(F)c5c(c4)N4C(CCC4(C)C)CO5)n3)cc2C1. The fraction of sp³-hybridized carbons (Fsp3) is 0.458. The van der Waals surface area contributed by atoms with E-state index in [9.17, 15) is 4.39 Å². The number of hydrogen-bond donors (Lipinski definition) is 1. The minimum Gasteiger partial charge on any atom is -0.486 e. The van der Waals surface area contributed by atoms with Gasteiger partial charge in [-0.2, -0.15) is 5.10 Å². The van der Waals surface area contributed by atoms with Crippen LogP contribution in [-0.4, -0.2) is 56.4 Å². The van der Waals surface area contributed by atoms with Gasteiger partial charge < -0.3 is 15.0 Å². The maximum atomic E-state index is 15.1. The Morgan fingerprint density at radius 1 is 1.15 bits per heavy atom. The molecule has 0 aliphatic carbocycles. The lowest BCUT2D eigenvalue weighted by molar-refractivity contribution is 0.252. The van der Waals surface area contributed by atoms with Crippen molar-refractivity contribution in [2.75, 3.05) is 30.4 Å². The number of likely N-dealkylation sites (N-methyl/N-ethyl adjacent to an activating group) is 1. The normalized spacial score (nSPS) is 21.0. The molecule has 178 valence electrons. The maximum Gasteiger partial charge on any atom is 0.229 e. The molecule has 1 atom stereocenters. The summed E-state index contributed by atoms with van der Waals surface area (Å²) in [6.07, 6.45) is 3.05. The summed E-state index contributed by atoms with van der Waals surface area (Å²) in [4.78, 5) is 12.9. The van der Waals surface area contributed by atoms with Gasteiger partial charge in [0.25, 0.3) is 0 Å². The highest BCUT2D eigenvalue weighted by atomic mass is 19.1. The number of nitrogens with one attached hydrogen (secondary N) is 1. The van der Waals surface area contributed by atoms with Gasteiger partial charge in [0, 0.05) is 30.3 Å². The predicted molar refractivity (Wildman–Crippen MR) is 124 cm³/mol. The Labute approximate surface area is 196 Å². The summed E-state index contributed by atoms with van der Waals surface area (Å²) in [6, 6.07) is 5.17. The first-order chi connectivity index (χ1) is 16.3. The fourth-order valence-electron chi connectivity index (χ4n) is 5.36. The van der Waals surface area contributed by atoms with Gasteiger partial charge in [-0.25, -0.2) is 18.7 Å². The summed E-state index contributed by atoms with van der Waals surface area (Å²) in [6.45, 7) is 7.26. The molecule has 1 N–H and O–H groups in total. The zero-order valence-corrected chi connectivity index (χ0v) is 19.5. The van der Waals surface area contributed by atoms with Crippen LogP contribution in [0.5, 0.6) is 5.75 Å². The highest BCUT2D eigenvalue weighted by Crippen LogP contribution is 2.47. The number of rotatable bonds is 3. The minimum absolute atomic E-state index is 0.0297. The summed E-state index contributed by atoms with van der Waals surface area (Å²) in [7, 11) is 2.06. The molecule has 1 fully saturated rings. The van der Waals surface area contributed by atoms with Crippen molar-refractivity contribution >= 4 is 17.5 Å². The van der Waals surface area contributed by atoms with Crippen molar-refractivity contribution in [3.8, 4) is 17.0 Å². The Hall–Kier alpha value is -3.27. The van der Waals surface area contributed by atoms with Crippen molar-refractivity contribution in [1.82, 2.24) is 24.6 Å². The molecule has 2 aromatic heterocycles. The first kappa shape index (κ1) is 21.3. The van der Waals surface area contributed by atoms with Crippen LogP contribution >= 0.6 is 0 Å². The summed E-state index contributed by atoms with van der Waals surface area (Å²) >= 11 is 0. The summed E-state index contributed by atoms with van der Waals surface area (Å²) < 4.78 is 37.7. The van der Waals surface area contributed by atoms with Crippen molar-refractivity contribution < 1.29 is 13.5 Å². The molecule has 8 nitrogen and oxygen atoms in total. The molecule has 0 amide bonds. The zero-order valence-electron chi connectivity index (χ0n) is 19.5. The van der Waals surface area contributed by atoms with Crippen LogP contribution in [0.2, 0.25) is 0 Å². The molecule has 0 spiro atoms. The second-order valence-corrected chi connectivity index (χ2v) is 9.99. The molecule has 5 heterocycles. The smallest absolute Gasteiger partial charge is 0.229 e. The van der Waals surface area contributed by atoms with Crippen LogP contribution in [0.15, 0.2) is 24.4 Å². The van der Waals surface area contributed by atoms with Crippen LogP contribution in [0.1, 0.15) is 32.4 Å². The molecule has 1 saturated heterocycles. The third-order valence-corrected chi connectivity index (χ3v) is 7.06. The Morgan fingerprint density at radius 3 is 2.85 bits per heavy atom. The molecule has 6 rings (SSSR count). The second-order valence-electron chi connectivity index (χ2n) is 9.99. The van der Waals surface area contributed by atoms with Gasteiger partial charge in [-0.05, 0) is 45.9 Å². The zero-order chi connectivity index (χ0) is 23.6. The average Bonchev–Trinajstić information content (AvgIpc) is 3.34. The summed E-state index contributed by atoms with van der Waals surface area (Å²) in [5, 5.41) is 7.62. The molecule has 0 bridgehead atoms. The standard InChI is InChI=1S/C24H27F2N7O/c1-24(2)5-4-15-13-34-22-17(25)8-14(9-19(22)33(15)24)21-18(26)11-27-23(29-21)28-20-10-16-12-31(3)6-7-32(16)30-20/h8-11,15H,4-7,12-13H2,1-3H3,(H,27,28,29,30). The van der Waals surface area contributed by atoms with Gasteiger partial charge in [0.15, 0.2) is 23.2 Å². The number of ether oxygens (including phenoxy) is 1. The van der Waals surface area contributed by atoms with Gasteiger partial charge in [0.1, 0.15) is 12.3 Å². The molecule has 0 saturated carbocycles. The monoisotopic (exact) mass is 467 g/mol. The van der Waals surface area contributed by atoms with E-state index >= 15 is 4.39 Å². The Balaban J connectivity index is 1.36. The molecule has 3 aliphatic heterocycles. The van der Waals surface area contributed by atoms with E-state index in [1.165, 1.54) is 6.07 Å². The van der Waals surface area contributed by atoms with Crippen LogP contribution in [0.3, 0.4) is 0 Å². The fourth-order valence-corrected chi connectivity index (χ4v) is 5.36. The van der Waals surface area contributed by atoms with E-state index in [1.54, 1.807) is 6.07 Å². The maximum absolute atomic E-state index is 15.1. The lowest BCUT2D eigenvalue weighted by Crippen LogP contribution is -2.48. The first-order valence-electron chi connectivity index (χ1n) is 11.6. The van der Waals surface area contributed by atoms with E-state index < -0.39 is 11.6 Å². The Kier molecular flexibility index (Phi) is 4.77. The number of halogens is 2. The number of benzene rings is 1. The van der Waals surface area contributed by atoms with Gasteiger partial charge in [0.2, 0.25) is 5.95 Å². The topological polar surface area (TPSA) is 71.3 Å². The van der Waals surface area contributed by atoms with E-state index in [0.29, 0.717) is 23.7 Å². The van der Waals surface area contributed by atoms with Gasteiger partial charge in [0.05, 0.1) is 30.2 Å². The molecule has 1 unspecified atom stereocenters. The van der Waals surface area contributed by atoms with Crippen molar-refractivity contribution in [1.29, 1.82) is 0 Å². The Bertz CT molecular complexity index is 1270. The Morgan fingerprint density at radius 2 is 2.00 bits per heavy atom. The van der Waals surface area contributed by atoms with Crippen LogP contribution < -0.4 is 15.0 Å². The van der Waals surface area contributed by atoms with Gasteiger partial charge in [-0.15, -0.1) is 0 Å². The van der Waals surface area contributed by atoms with E-state index in [4.69, 9.17) is 4.74 Å². The second kappa shape index (κ2) is 7.63. The van der Waals surface area contributed by atoms with Crippen molar-refractivity contribution in [2.24, 2.45) is 0 Å². The number of hydrogen-bond acceptors (Lipinski definition) is 7. The van der Waals surface area contributed by atoms with E-state index in [1.807, 2.05) is 10.7 Å². The van der Waals surface area contributed by atoms with Crippen LogP contribution in [-0.2, 0) is 13.1 Å². The summed E-state index contributed by atoms with van der Waals surface area (Å²) in [5.41, 5.74) is 1.96. The lowest BCUT2D eigenvalue weighted by Gasteiger charge is -2.42. The quantitative estimate of drug-likeness (QED) is 0.626. The number of anilines is 3. The molecular weight excluding hydrogens is 440 g/mol. The molecule has 0 radical (unpaired) electrons. The molecule has 10 heteroatoms. The lowest BCUT2D eigenvalue weighted by atomic mass is 10.0. The number of aromatic nitrogens is 4. The molecule has 1 aromatic carbocycles. The highest BCUT2D eigenvalue weighted by Gasteiger charge is 2.44. The number of nitrogens with zero attached hydrogens (tertiary/aromatic N) is 6. The summed E-state index contributed by atoms with van der Waals surface area (Å²) in [5.74, 6) is -0.128. The number of fused-ring (bicyclic) bond motifs is 4. The van der Waals surface area contributed by atoms with Gasteiger partial charge >= 0.3 is 0 Å². The van der Waals surface area contributed by atoms with Gasteiger partial charge in [-0.1, -0.05) is 0 Å². The van der Waals surface area contributed by atoms with Crippen LogP contribution in [0.4, 0.5) is 26.2 Å². The van der Waals surface area contributed by atoms with Gasteiger partial charge in [-0.3, -0.25) is 9.58 Å². The molecule has 34 heavy (non-hydrogen) atoms. The van der Waals surface area contributed by atoms with E-state index in [0.717, 1.165) is 44.4 Å². The van der Waals surface area contributed by atoms with Crippen LogP contribution in [0, 0.1) is 11.6 Å². The molecular formula is C24H27F2N7O. The largest absolute Gasteiger partial charge is 0.486 e. The molecule has 3 aliphatic rings.